The Kier molecular flexibility index (Phi) is 11.3. The van der Waals surface area contributed by atoms with Gasteiger partial charge in [0.05, 0.1) is 23.8 Å². The minimum absolute atomic E-state index is 0.0872. The molecule has 1 aromatic heterocycles. The molecule has 0 fully saturated rings. The maximum Gasteiger partial charge on any atom is 0.258 e. The number of Topliss-reactive ketones (excluding diaryl/α,β-unsaturated/α-hetero) is 1. The molecule has 8 heteroatoms. The minimum Gasteiger partial charge on any atom is -0.484 e. The average molecular weight is 523 g/mol. The van der Waals surface area contributed by atoms with E-state index in [2.05, 4.69) is 10.6 Å². The lowest BCUT2D eigenvalue weighted by Gasteiger charge is -2.24. The Morgan fingerprint density at radius 1 is 0.892 bits per heavy atom. The topological polar surface area (TPSA) is 97.6 Å². The normalized spacial score (nSPS) is 12.5. The molecule has 7 nitrogen and oxygen atoms in total. The van der Waals surface area contributed by atoms with Crippen LogP contribution in [0.5, 0.6) is 5.75 Å². The van der Waals surface area contributed by atoms with E-state index >= 15 is 0 Å². The predicted octanol–water partition coefficient (Wildman–Crippen LogP) is 4.42. The molecule has 0 saturated carbocycles. The van der Waals surface area contributed by atoms with Crippen molar-refractivity contribution in [3.05, 3.63) is 90.4 Å². The van der Waals surface area contributed by atoms with Crippen molar-refractivity contribution in [2.24, 2.45) is 5.92 Å². The molecule has 0 spiro atoms. The molecule has 2 unspecified atom stereocenters. The van der Waals surface area contributed by atoms with E-state index in [1.165, 1.54) is 11.8 Å². The van der Waals surface area contributed by atoms with E-state index in [0.29, 0.717) is 24.3 Å². The fraction of sp³-hybridized carbons (Fsp3) is 0.345. The van der Waals surface area contributed by atoms with E-state index in [0.717, 1.165) is 11.3 Å². The first-order valence-corrected chi connectivity index (χ1v) is 13.5. The highest BCUT2D eigenvalue weighted by molar-refractivity contribution is 7.99. The predicted molar refractivity (Wildman–Crippen MR) is 145 cm³/mol. The highest BCUT2D eigenvalue weighted by Crippen LogP contribution is 2.15. The van der Waals surface area contributed by atoms with Crippen LogP contribution >= 0.6 is 11.8 Å². The third-order valence-corrected chi connectivity index (χ3v) is 6.51. The Bertz CT molecular complexity index is 1100. The zero-order valence-corrected chi connectivity index (χ0v) is 22.0. The van der Waals surface area contributed by atoms with Gasteiger partial charge in [-0.3, -0.25) is 14.4 Å². The Balaban J connectivity index is 1.63. The molecule has 3 aromatic rings. The quantitative estimate of drug-likeness (QED) is 0.307. The lowest BCUT2D eigenvalue weighted by atomic mass is 10.00. The van der Waals surface area contributed by atoms with Crippen LogP contribution < -0.4 is 15.4 Å². The Morgan fingerprint density at radius 2 is 1.59 bits per heavy atom. The van der Waals surface area contributed by atoms with E-state index in [1.54, 1.807) is 18.4 Å². The number of para-hydroxylation sites is 1. The van der Waals surface area contributed by atoms with Crippen LogP contribution in [0.2, 0.25) is 0 Å². The van der Waals surface area contributed by atoms with Crippen molar-refractivity contribution in [1.82, 2.24) is 10.6 Å². The second kappa shape index (κ2) is 14.9. The van der Waals surface area contributed by atoms with Crippen molar-refractivity contribution in [3.63, 3.8) is 0 Å². The van der Waals surface area contributed by atoms with Gasteiger partial charge in [-0.25, -0.2) is 0 Å². The summed E-state index contributed by atoms with van der Waals surface area (Å²) in [6, 6.07) is 20.8. The number of carbonyl (C=O) groups is 3. The summed E-state index contributed by atoms with van der Waals surface area (Å²) in [7, 11) is 0. The number of benzene rings is 2. The standard InChI is InChI=1S/C29H34N2O5S/c1-21(2)16-26(30-28(33)18-36-23-12-7-4-8-13-23)29(34)31-25(17-22-10-5-3-6-11-22)27(32)20-37-19-24-14-9-15-35-24/h3-15,21,25-26H,16-20H2,1-2H3,(H,30,33)(H,31,34). The molecular formula is C29H34N2O5S. The van der Waals surface area contributed by atoms with Gasteiger partial charge in [0.15, 0.2) is 12.4 Å². The SMILES string of the molecule is CC(C)CC(NC(=O)COc1ccccc1)C(=O)NC(Cc1ccccc1)C(=O)CSCc1ccco1. The van der Waals surface area contributed by atoms with Gasteiger partial charge in [0.1, 0.15) is 17.6 Å². The molecule has 2 atom stereocenters. The van der Waals surface area contributed by atoms with E-state index in [1.807, 2.05) is 74.5 Å². The molecule has 0 saturated heterocycles. The molecule has 0 aliphatic rings. The number of ether oxygens (including phenoxy) is 1. The summed E-state index contributed by atoms with van der Waals surface area (Å²) < 4.78 is 10.9. The zero-order chi connectivity index (χ0) is 26.5. The van der Waals surface area contributed by atoms with Crippen LogP contribution in [-0.4, -0.2) is 42.0 Å². The molecule has 1 heterocycles. The van der Waals surface area contributed by atoms with Crippen molar-refractivity contribution < 1.29 is 23.5 Å². The van der Waals surface area contributed by atoms with E-state index in [9.17, 15) is 14.4 Å². The molecule has 2 amide bonds. The molecule has 0 bridgehead atoms. The van der Waals surface area contributed by atoms with Crippen LogP contribution in [0, 0.1) is 5.92 Å². The van der Waals surface area contributed by atoms with Crippen molar-refractivity contribution in [1.29, 1.82) is 0 Å². The van der Waals surface area contributed by atoms with Gasteiger partial charge in [0.25, 0.3) is 5.91 Å². The summed E-state index contributed by atoms with van der Waals surface area (Å²) in [4.78, 5) is 39.1. The summed E-state index contributed by atoms with van der Waals surface area (Å²) >= 11 is 1.44. The van der Waals surface area contributed by atoms with Gasteiger partial charge < -0.3 is 19.8 Å². The van der Waals surface area contributed by atoms with Gasteiger partial charge in [-0.2, -0.15) is 0 Å². The van der Waals surface area contributed by atoms with Crippen LogP contribution in [-0.2, 0) is 26.6 Å². The maximum atomic E-state index is 13.3. The maximum absolute atomic E-state index is 13.3. The highest BCUT2D eigenvalue weighted by atomic mass is 32.2. The van der Waals surface area contributed by atoms with Gasteiger partial charge in [-0.1, -0.05) is 62.4 Å². The van der Waals surface area contributed by atoms with Gasteiger partial charge in [-0.05, 0) is 48.6 Å². The van der Waals surface area contributed by atoms with Gasteiger partial charge in [0, 0.05) is 0 Å². The molecule has 2 aromatic carbocycles. The number of hydrogen-bond acceptors (Lipinski definition) is 6. The molecule has 2 N–H and O–H groups in total. The Morgan fingerprint density at radius 3 is 2.24 bits per heavy atom. The van der Waals surface area contributed by atoms with Gasteiger partial charge >= 0.3 is 0 Å². The van der Waals surface area contributed by atoms with Crippen LogP contribution in [0.25, 0.3) is 0 Å². The molecule has 3 rings (SSSR count). The summed E-state index contributed by atoms with van der Waals surface area (Å²) in [6.45, 7) is 3.75. The average Bonchev–Trinajstić information content (AvgIpc) is 3.41. The first-order valence-electron chi connectivity index (χ1n) is 12.3. The second-order valence-corrected chi connectivity index (χ2v) is 10.1. The minimum atomic E-state index is -0.784. The molecule has 0 aliphatic heterocycles. The fourth-order valence-corrected chi connectivity index (χ4v) is 4.59. The highest BCUT2D eigenvalue weighted by Gasteiger charge is 2.27. The largest absolute Gasteiger partial charge is 0.484 e. The first-order chi connectivity index (χ1) is 17.9. The van der Waals surface area contributed by atoms with Crippen molar-refractivity contribution in [2.75, 3.05) is 12.4 Å². The number of furan rings is 1. The van der Waals surface area contributed by atoms with E-state index in [-0.39, 0.29) is 30.0 Å². The van der Waals surface area contributed by atoms with Gasteiger partial charge in [0.2, 0.25) is 5.91 Å². The number of hydrogen-bond donors (Lipinski definition) is 2. The molecule has 0 aliphatic carbocycles. The number of ketones is 1. The lowest BCUT2D eigenvalue weighted by Crippen LogP contribution is -2.53. The number of amides is 2. The summed E-state index contributed by atoms with van der Waals surface area (Å²) in [5, 5.41) is 5.70. The third kappa shape index (κ3) is 10.2. The van der Waals surface area contributed by atoms with Crippen LogP contribution in [0.3, 0.4) is 0 Å². The van der Waals surface area contributed by atoms with Gasteiger partial charge in [-0.15, -0.1) is 11.8 Å². The van der Waals surface area contributed by atoms with Crippen molar-refractivity contribution >= 4 is 29.4 Å². The molecule has 196 valence electrons. The number of nitrogens with one attached hydrogen (secondary N) is 2. The summed E-state index contributed by atoms with van der Waals surface area (Å²) in [5.74, 6) is 1.44. The van der Waals surface area contributed by atoms with Crippen molar-refractivity contribution in [2.45, 2.75) is 44.5 Å². The first kappa shape index (κ1) is 28.1. The zero-order valence-electron chi connectivity index (χ0n) is 21.2. The second-order valence-electron chi connectivity index (χ2n) is 9.14. The molecule has 0 radical (unpaired) electrons. The monoisotopic (exact) mass is 522 g/mol. The van der Waals surface area contributed by atoms with Crippen molar-refractivity contribution in [3.8, 4) is 5.75 Å². The fourth-order valence-electron chi connectivity index (χ4n) is 3.72. The number of carbonyl (C=O) groups excluding carboxylic acids is 3. The summed E-state index contributed by atoms with van der Waals surface area (Å²) in [5.41, 5.74) is 0.942. The Hall–Kier alpha value is -3.52. The van der Waals surface area contributed by atoms with E-state index in [4.69, 9.17) is 9.15 Å². The van der Waals surface area contributed by atoms with Crippen LogP contribution in [0.15, 0.2) is 83.5 Å². The smallest absolute Gasteiger partial charge is 0.258 e. The lowest BCUT2D eigenvalue weighted by molar-refractivity contribution is -0.132. The number of rotatable bonds is 15. The summed E-state index contributed by atoms with van der Waals surface area (Å²) in [6.07, 6.45) is 2.40. The molecule has 37 heavy (non-hydrogen) atoms. The Labute approximate surface area is 222 Å². The third-order valence-electron chi connectivity index (χ3n) is 5.53. The van der Waals surface area contributed by atoms with Crippen LogP contribution in [0.1, 0.15) is 31.6 Å². The molecular weight excluding hydrogens is 488 g/mol. The van der Waals surface area contributed by atoms with Crippen LogP contribution in [0.4, 0.5) is 0 Å². The van der Waals surface area contributed by atoms with E-state index < -0.39 is 18.0 Å². The number of thioether (sulfide) groups is 1.